The third-order valence-electron chi connectivity index (χ3n) is 3.42. The molecule has 0 fully saturated rings. The molecule has 2 rings (SSSR count). The Morgan fingerprint density at radius 2 is 2.21 bits per heavy atom. The fourth-order valence-corrected chi connectivity index (χ4v) is 2.29. The summed E-state index contributed by atoms with van der Waals surface area (Å²) in [6, 6.07) is 8.50. The Morgan fingerprint density at radius 1 is 1.42 bits per heavy atom. The number of fused-ring (bicyclic) bond motifs is 1. The molecule has 1 aromatic rings. The van der Waals surface area contributed by atoms with Crippen LogP contribution in [0.2, 0.25) is 0 Å². The van der Waals surface area contributed by atoms with E-state index in [2.05, 4.69) is 11.4 Å². The molecular formula is C15H22N2O2. The molecule has 1 unspecified atom stereocenters. The van der Waals surface area contributed by atoms with Crippen LogP contribution in [0.5, 0.6) is 5.75 Å². The van der Waals surface area contributed by atoms with Crippen LogP contribution in [0.25, 0.3) is 0 Å². The van der Waals surface area contributed by atoms with Crippen LogP contribution < -0.4 is 10.1 Å². The lowest BCUT2D eigenvalue weighted by atomic mass is 10.0. The summed E-state index contributed by atoms with van der Waals surface area (Å²) < 4.78 is 5.63. The number of hydrogen-bond acceptors (Lipinski definition) is 3. The summed E-state index contributed by atoms with van der Waals surface area (Å²) in [6.07, 6.45) is 2.46. The van der Waals surface area contributed by atoms with E-state index in [0.717, 1.165) is 31.7 Å². The van der Waals surface area contributed by atoms with E-state index >= 15 is 0 Å². The quantitative estimate of drug-likeness (QED) is 0.825. The van der Waals surface area contributed by atoms with Crippen molar-refractivity contribution >= 4 is 5.91 Å². The summed E-state index contributed by atoms with van der Waals surface area (Å²) in [5.41, 5.74) is 1.23. The Labute approximate surface area is 114 Å². The number of rotatable bonds is 5. The molecule has 104 valence electrons. The fourth-order valence-electron chi connectivity index (χ4n) is 2.29. The average Bonchev–Trinajstić information content (AvgIpc) is 2.43. The van der Waals surface area contributed by atoms with Crippen molar-refractivity contribution in [3.05, 3.63) is 29.8 Å². The molecule has 0 radical (unpaired) electrons. The summed E-state index contributed by atoms with van der Waals surface area (Å²) >= 11 is 0. The molecule has 1 atom stereocenters. The lowest BCUT2D eigenvalue weighted by Crippen LogP contribution is -2.29. The van der Waals surface area contributed by atoms with E-state index in [4.69, 9.17) is 4.74 Å². The lowest BCUT2D eigenvalue weighted by Gasteiger charge is -2.26. The maximum atomic E-state index is 11.5. The largest absolute Gasteiger partial charge is 0.493 e. The van der Waals surface area contributed by atoms with Crippen LogP contribution in [0, 0.1) is 0 Å². The molecule has 19 heavy (non-hydrogen) atoms. The highest BCUT2D eigenvalue weighted by molar-refractivity contribution is 5.75. The number of nitrogens with zero attached hydrogens (tertiary/aromatic N) is 1. The molecule has 1 N–H and O–H groups in total. The Bertz CT molecular complexity index is 432. The summed E-state index contributed by atoms with van der Waals surface area (Å²) in [5.74, 6) is 1.17. The molecule has 1 amide bonds. The second kappa shape index (κ2) is 6.57. The van der Waals surface area contributed by atoms with Crippen molar-refractivity contribution in [2.45, 2.75) is 25.3 Å². The molecule has 1 aliphatic rings. The predicted octanol–water partition coefficient (Wildman–Crippen LogP) is 1.97. The standard InChI is InChI=1S/C15H22N2O2/c1-17(2)15(18)8-5-10-16-13-9-11-19-14-7-4-3-6-12(13)14/h3-4,6-7,13,16H,5,8-11H2,1-2H3. The Balaban J connectivity index is 1.80. The first kappa shape index (κ1) is 13.9. The van der Waals surface area contributed by atoms with Crippen LogP contribution in [-0.4, -0.2) is 38.1 Å². The van der Waals surface area contributed by atoms with Crippen molar-refractivity contribution in [2.75, 3.05) is 27.2 Å². The number of carbonyl (C=O) groups is 1. The maximum Gasteiger partial charge on any atom is 0.222 e. The molecule has 0 spiro atoms. The molecule has 1 aliphatic heterocycles. The van der Waals surface area contributed by atoms with Gasteiger partial charge in [-0.3, -0.25) is 4.79 Å². The van der Waals surface area contributed by atoms with Crippen molar-refractivity contribution in [3.63, 3.8) is 0 Å². The zero-order valence-corrected chi connectivity index (χ0v) is 11.7. The molecular weight excluding hydrogens is 240 g/mol. The van der Waals surface area contributed by atoms with Gasteiger partial charge in [0.2, 0.25) is 5.91 Å². The molecule has 4 heteroatoms. The van der Waals surface area contributed by atoms with Crippen molar-refractivity contribution in [3.8, 4) is 5.75 Å². The molecule has 0 saturated heterocycles. The van der Waals surface area contributed by atoms with E-state index < -0.39 is 0 Å². The highest BCUT2D eigenvalue weighted by Crippen LogP contribution is 2.31. The summed E-state index contributed by atoms with van der Waals surface area (Å²) in [7, 11) is 3.59. The first-order valence-electron chi connectivity index (χ1n) is 6.84. The summed E-state index contributed by atoms with van der Waals surface area (Å²) in [4.78, 5) is 13.1. The monoisotopic (exact) mass is 262 g/mol. The van der Waals surface area contributed by atoms with Crippen LogP contribution in [0.4, 0.5) is 0 Å². The third-order valence-corrected chi connectivity index (χ3v) is 3.42. The van der Waals surface area contributed by atoms with Gasteiger partial charge in [0.25, 0.3) is 0 Å². The maximum absolute atomic E-state index is 11.5. The van der Waals surface area contributed by atoms with Crippen molar-refractivity contribution in [1.82, 2.24) is 10.2 Å². The zero-order valence-electron chi connectivity index (χ0n) is 11.7. The van der Waals surface area contributed by atoms with E-state index in [1.54, 1.807) is 19.0 Å². The van der Waals surface area contributed by atoms with E-state index in [1.807, 2.05) is 18.2 Å². The van der Waals surface area contributed by atoms with Crippen LogP contribution in [0.15, 0.2) is 24.3 Å². The molecule has 4 nitrogen and oxygen atoms in total. The molecule has 1 heterocycles. The Kier molecular flexibility index (Phi) is 4.80. The third kappa shape index (κ3) is 3.70. The van der Waals surface area contributed by atoms with Crippen LogP contribution in [0.3, 0.4) is 0 Å². The Hall–Kier alpha value is -1.55. The number of hydrogen-bond donors (Lipinski definition) is 1. The van der Waals surface area contributed by atoms with Gasteiger partial charge in [0.1, 0.15) is 5.75 Å². The van der Waals surface area contributed by atoms with Gasteiger partial charge in [0.05, 0.1) is 6.61 Å². The second-order valence-electron chi connectivity index (χ2n) is 5.07. The predicted molar refractivity (Wildman–Crippen MR) is 75.2 cm³/mol. The number of benzene rings is 1. The highest BCUT2D eigenvalue weighted by atomic mass is 16.5. The lowest BCUT2D eigenvalue weighted by molar-refractivity contribution is -0.128. The zero-order chi connectivity index (χ0) is 13.7. The van der Waals surface area contributed by atoms with Gasteiger partial charge in [0.15, 0.2) is 0 Å². The minimum absolute atomic E-state index is 0.189. The number of ether oxygens (including phenoxy) is 1. The van der Waals surface area contributed by atoms with Gasteiger partial charge < -0.3 is 15.0 Å². The number of nitrogens with one attached hydrogen (secondary N) is 1. The minimum Gasteiger partial charge on any atom is -0.493 e. The molecule has 0 aromatic heterocycles. The first-order chi connectivity index (χ1) is 9.18. The van der Waals surface area contributed by atoms with Gasteiger partial charge in [-0.05, 0) is 19.0 Å². The van der Waals surface area contributed by atoms with E-state index in [-0.39, 0.29) is 5.91 Å². The van der Waals surface area contributed by atoms with Gasteiger partial charge in [0, 0.05) is 38.5 Å². The molecule has 0 saturated carbocycles. The van der Waals surface area contributed by atoms with E-state index in [9.17, 15) is 4.79 Å². The molecule has 0 aliphatic carbocycles. The topological polar surface area (TPSA) is 41.6 Å². The minimum atomic E-state index is 0.189. The van der Waals surface area contributed by atoms with Gasteiger partial charge >= 0.3 is 0 Å². The van der Waals surface area contributed by atoms with Gasteiger partial charge in [-0.15, -0.1) is 0 Å². The fraction of sp³-hybridized carbons (Fsp3) is 0.533. The number of carbonyl (C=O) groups excluding carboxylic acids is 1. The van der Waals surface area contributed by atoms with Crippen molar-refractivity contribution in [1.29, 1.82) is 0 Å². The second-order valence-corrected chi connectivity index (χ2v) is 5.07. The van der Waals surface area contributed by atoms with Gasteiger partial charge in [-0.2, -0.15) is 0 Å². The van der Waals surface area contributed by atoms with E-state index in [0.29, 0.717) is 12.5 Å². The smallest absolute Gasteiger partial charge is 0.222 e. The van der Waals surface area contributed by atoms with Crippen molar-refractivity contribution in [2.24, 2.45) is 0 Å². The van der Waals surface area contributed by atoms with Crippen LogP contribution >= 0.6 is 0 Å². The number of amides is 1. The summed E-state index contributed by atoms with van der Waals surface area (Å²) in [6.45, 7) is 1.61. The Morgan fingerprint density at radius 3 is 3.00 bits per heavy atom. The van der Waals surface area contributed by atoms with Gasteiger partial charge in [-0.1, -0.05) is 18.2 Å². The van der Waals surface area contributed by atoms with Crippen LogP contribution in [-0.2, 0) is 4.79 Å². The highest BCUT2D eigenvalue weighted by Gasteiger charge is 2.20. The first-order valence-corrected chi connectivity index (χ1v) is 6.84. The average molecular weight is 262 g/mol. The number of para-hydroxylation sites is 1. The molecule has 0 bridgehead atoms. The SMILES string of the molecule is CN(C)C(=O)CCCNC1CCOc2ccccc21. The summed E-state index contributed by atoms with van der Waals surface area (Å²) in [5, 5.41) is 3.52. The van der Waals surface area contributed by atoms with E-state index in [1.165, 1.54) is 5.56 Å². The van der Waals surface area contributed by atoms with Crippen molar-refractivity contribution < 1.29 is 9.53 Å². The van der Waals surface area contributed by atoms with Crippen LogP contribution in [0.1, 0.15) is 30.9 Å². The molecule has 1 aromatic carbocycles. The van der Waals surface area contributed by atoms with Gasteiger partial charge in [-0.25, -0.2) is 0 Å². The normalized spacial score (nSPS) is 17.5.